The van der Waals surface area contributed by atoms with Crippen LogP contribution in [-0.4, -0.2) is 16.5 Å². The molecule has 0 saturated heterocycles. The SMILES string of the molecule is CC1(C)CC(=O)C2=C(C1)NC1=C(C(=O)CC(C)(C)C1)C2c1ccccc1OCc1ccc([N+](=O)[O-])cc1. The van der Waals surface area contributed by atoms with Crippen molar-refractivity contribution in [3.63, 3.8) is 0 Å². The van der Waals surface area contributed by atoms with E-state index >= 15 is 0 Å². The molecule has 0 radical (unpaired) electrons. The third kappa shape index (κ3) is 4.82. The zero-order chi connectivity index (χ0) is 26.5. The Morgan fingerprint density at radius 3 is 1.95 bits per heavy atom. The minimum absolute atomic E-state index is 0.0234. The van der Waals surface area contributed by atoms with Crippen LogP contribution in [0.3, 0.4) is 0 Å². The first-order valence-electron chi connectivity index (χ1n) is 12.7. The molecule has 1 heterocycles. The van der Waals surface area contributed by atoms with Gasteiger partial charge in [-0.25, -0.2) is 0 Å². The first-order chi connectivity index (χ1) is 17.4. The molecule has 2 aliphatic carbocycles. The molecule has 1 aliphatic heterocycles. The van der Waals surface area contributed by atoms with Crippen molar-refractivity contribution in [3.8, 4) is 5.75 Å². The van der Waals surface area contributed by atoms with Crippen molar-refractivity contribution in [2.24, 2.45) is 10.8 Å². The van der Waals surface area contributed by atoms with Gasteiger partial charge in [0.25, 0.3) is 5.69 Å². The van der Waals surface area contributed by atoms with Crippen molar-refractivity contribution in [1.82, 2.24) is 5.32 Å². The van der Waals surface area contributed by atoms with Crippen LogP contribution in [0.2, 0.25) is 0 Å². The molecule has 0 amide bonds. The Morgan fingerprint density at radius 1 is 0.865 bits per heavy atom. The molecule has 5 rings (SSSR count). The molecule has 0 saturated carbocycles. The molecular formula is C30H32N2O5. The van der Waals surface area contributed by atoms with Crippen molar-refractivity contribution in [1.29, 1.82) is 0 Å². The minimum Gasteiger partial charge on any atom is -0.489 e. The first kappa shape index (κ1) is 24.9. The lowest BCUT2D eigenvalue weighted by Gasteiger charge is -2.44. The second-order valence-corrected chi connectivity index (χ2v) is 12.0. The molecule has 0 fully saturated rings. The zero-order valence-electron chi connectivity index (χ0n) is 21.7. The molecule has 7 heteroatoms. The molecule has 0 unspecified atom stereocenters. The summed E-state index contributed by atoms with van der Waals surface area (Å²) in [6.07, 6.45) is 2.33. The predicted molar refractivity (Wildman–Crippen MR) is 140 cm³/mol. The number of rotatable bonds is 5. The fourth-order valence-electron chi connectivity index (χ4n) is 5.93. The molecule has 0 aromatic heterocycles. The average molecular weight is 501 g/mol. The van der Waals surface area contributed by atoms with Gasteiger partial charge in [-0.1, -0.05) is 45.9 Å². The monoisotopic (exact) mass is 500 g/mol. The first-order valence-corrected chi connectivity index (χ1v) is 12.7. The third-order valence-corrected chi connectivity index (χ3v) is 7.49. The number of hydrogen-bond donors (Lipinski definition) is 1. The van der Waals surface area contributed by atoms with E-state index in [9.17, 15) is 19.7 Å². The summed E-state index contributed by atoms with van der Waals surface area (Å²) in [5, 5.41) is 14.5. The fourth-order valence-corrected chi connectivity index (χ4v) is 5.93. The van der Waals surface area contributed by atoms with E-state index in [0.29, 0.717) is 29.7 Å². The molecule has 2 aromatic carbocycles. The van der Waals surface area contributed by atoms with Crippen molar-refractivity contribution in [2.45, 2.75) is 65.9 Å². The number of para-hydroxylation sites is 1. The predicted octanol–water partition coefficient (Wildman–Crippen LogP) is 6.15. The fraction of sp³-hybridized carbons (Fsp3) is 0.400. The maximum Gasteiger partial charge on any atom is 0.269 e. The van der Waals surface area contributed by atoms with Gasteiger partial charge >= 0.3 is 0 Å². The standard InChI is InChI=1S/C30H32N2O5/c1-29(2)13-21-27(23(33)15-29)26(28-22(31-21)14-30(3,4)16-24(28)34)20-7-5-6-8-25(20)37-17-18-9-11-19(12-10-18)32(35)36/h5-12,26,31H,13-17H2,1-4H3. The zero-order valence-corrected chi connectivity index (χ0v) is 21.7. The summed E-state index contributed by atoms with van der Waals surface area (Å²) in [4.78, 5) is 37.7. The number of ether oxygens (including phenoxy) is 1. The summed E-state index contributed by atoms with van der Waals surface area (Å²) in [5.41, 5.74) is 4.48. The van der Waals surface area contributed by atoms with Crippen molar-refractivity contribution < 1.29 is 19.2 Å². The number of non-ortho nitro benzene ring substituents is 1. The van der Waals surface area contributed by atoms with Crippen LogP contribution < -0.4 is 10.1 Å². The van der Waals surface area contributed by atoms with Crippen LogP contribution in [0.25, 0.3) is 0 Å². The van der Waals surface area contributed by atoms with Crippen LogP contribution in [0, 0.1) is 20.9 Å². The van der Waals surface area contributed by atoms with Gasteiger partial charge in [-0.2, -0.15) is 0 Å². The van der Waals surface area contributed by atoms with E-state index in [-0.39, 0.29) is 34.7 Å². The number of nitro benzene ring substituents is 1. The summed E-state index contributed by atoms with van der Waals surface area (Å²) in [5.74, 6) is 0.254. The quantitative estimate of drug-likeness (QED) is 0.391. The molecule has 0 atom stereocenters. The van der Waals surface area contributed by atoms with Crippen molar-refractivity contribution >= 4 is 17.3 Å². The third-order valence-electron chi connectivity index (χ3n) is 7.49. The van der Waals surface area contributed by atoms with Gasteiger partial charge in [0.2, 0.25) is 0 Å². The molecule has 192 valence electrons. The maximum absolute atomic E-state index is 13.6. The number of ketones is 2. The van der Waals surface area contributed by atoms with E-state index in [1.54, 1.807) is 12.1 Å². The minimum atomic E-state index is -0.480. The van der Waals surface area contributed by atoms with Gasteiger partial charge in [0.1, 0.15) is 12.4 Å². The highest BCUT2D eigenvalue weighted by atomic mass is 16.6. The smallest absolute Gasteiger partial charge is 0.269 e. The lowest BCUT2D eigenvalue weighted by molar-refractivity contribution is -0.384. The average Bonchev–Trinajstić information content (AvgIpc) is 2.80. The normalized spacial score (nSPS) is 20.8. The lowest BCUT2D eigenvalue weighted by Crippen LogP contribution is -2.42. The molecule has 7 nitrogen and oxygen atoms in total. The van der Waals surface area contributed by atoms with Gasteiger partial charge in [-0.15, -0.1) is 0 Å². The van der Waals surface area contributed by atoms with Gasteiger partial charge < -0.3 is 10.1 Å². The molecule has 2 aromatic rings. The highest BCUT2D eigenvalue weighted by molar-refractivity contribution is 6.07. The Bertz CT molecular complexity index is 1310. The van der Waals surface area contributed by atoms with E-state index in [1.165, 1.54) is 12.1 Å². The number of allylic oxidation sites excluding steroid dienone is 4. The van der Waals surface area contributed by atoms with Gasteiger partial charge in [0, 0.05) is 59.0 Å². The number of carbonyl (C=O) groups excluding carboxylic acids is 2. The van der Waals surface area contributed by atoms with Gasteiger partial charge in [-0.3, -0.25) is 19.7 Å². The maximum atomic E-state index is 13.6. The number of dihydropyridines is 1. The summed E-state index contributed by atoms with van der Waals surface area (Å²) < 4.78 is 6.23. The Morgan fingerprint density at radius 2 is 1.41 bits per heavy atom. The number of hydrogen-bond acceptors (Lipinski definition) is 6. The Balaban J connectivity index is 1.56. The van der Waals surface area contributed by atoms with E-state index in [0.717, 1.165) is 35.4 Å². The molecule has 37 heavy (non-hydrogen) atoms. The van der Waals surface area contributed by atoms with Gasteiger partial charge in [0.05, 0.1) is 4.92 Å². The van der Waals surface area contributed by atoms with Crippen molar-refractivity contribution in [3.05, 3.63) is 92.3 Å². The van der Waals surface area contributed by atoms with Gasteiger partial charge in [-0.05, 0) is 47.4 Å². The van der Waals surface area contributed by atoms with E-state index < -0.39 is 10.8 Å². The number of nitro groups is 1. The summed E-state index contributed by atoms with van der Waals surface area (Å²) in [6, 6.07) is 13.8. The van der Waals surface area contributed by atoms with Crippen LogP contribution >= 0.6 is 0 Å². The van der Waals surface area contributed by atoms with Crippen LogP contribution in [0.4, 0.5) is 5.69 Å². The number of Topliss-reactive ketones (excluding diaryl/α,β-unsaturated/α-hetero) is 2. The summed E-state index contributed by atoms with van der Waals surface area (Å²) in [6.45, 7) is 8.62. The van der Waals surface area contributed by atoms with E-state index in [1.807, 2.05) is 24.3 Å². The highest BCUT2D eigenvalue weighted by Crippen LogP contribution is 2.52. The topological polar surface area (TPSA) is 98.5 Å². The molecular weight excluding hydrogens is 468 g/mol. The second-order valence-electron chi connectivity index (χ2n) is 12.0. The number of benzene rings is 2. The lowest BCUT2D eigenvalue weighted by atomic mass is 9.64. The summed E-state index contributed by atoms with van der Waals surface area (Å²) >= 11 is 0. The number of carbonyl (C=O) groups is 2. The Kier molecular flexibility index (Phi) is 6.05. The largest absolute Gasteiger partial charge is 0.489 e. The van der Waals surface area contributed by atoms with E-state index in [4.69, 9.17) is 4.74 Å². The molecule has 0 bridgehead atoms. The number of nitrogens with zero attached hydrogens (tertiary/aromatic N) is 1. The Labute approximate surface area is 216 Å². The molecule has 3 aliphatic rings. The van der Waals surface area contributed by atoms with E-state index in [2.05, 4.69) is 33.0 Å². The van der Waals surface area contributed by atoms with Crippen LogP contribution in [0.15, 0.2) is 71.1 Å². The summed E-state index contributed by atoms with van der Waals surface area (Å²) in [7, 11) is 0. The second kappa shape index (κ2) is 8.98. The highest BCUT2D eigenvalue weighted by Gasteiger charge is 2.47. The van der Waals surface area contributed by atoms with Crippen LogP contribution in [0.1, 0.15) is 70.4 Å². The molecule has 1 N–H and O–H groups in total. The van der Waals surface area contributed by atoms with Gasteiger partial charge in [0.15, 0.2) is 11.6 Å². The Hall–Kier alpha value is -3.74. The molecule has 0 spiro atoms. The van der Waals surface area contributed by atoms with Crippen LogP contribution in [-0.2, 0) is 16.2 Å². The van der Waals surface area contributed by atoms with Crippen LogP contribution in [0.5, 0.6) is 5.75 Å². The van der Waals surface area contributed by atoms with Crippen molar-refractivity contribution in [2.75, 3.05) is 0 Å². The number of nitrogens with one attached hydrogen (secondary N) is 1.